The molecule has 1 rings (SSSR count). The minimum absolute atomic E-state index is 0.0921. The van der Waals surface area contributed by atoms with E-state index in [0.717, 1.165) is 12.3 Å². The van der Waals surface area contributed by atoms with Crippen LogP contribution in [0.2, 0.25) is 0 Å². The number of thioether (sulfide) groups is 1. The van der Waals surface area contributed by atoms with Gasteiger partial charge < -0.3 is 10.1 Å². The van der Waals surface area contributed by atoms with Crippen molar-refractivity contribution in [1.82, 2.24) is 5.32 Å². The number of ether oxygens (including phenoxy) is 1. The van der Waals surface area contributed by atoms with Crippen LogP contribution in [-0.4, -0.2) is 36.7 Å². The van der Waals surface area contributed by atoms with E-state index >= 15 is 0 Å². The topological polar surface area (TPSA) is 38.3 Å². The summed E-state index contributed by atoms with van der Waals surface area (Å²) in [6.07, 6.45) is 2.51. The van der Waals surface area contributed by atoms with Crippen molar-refractivity contribution in [2.24, 2.45) is 0 Å². The second-order valence-electron chi connectivity index (χ2n) is 3.11. The van der Waals surface area contributed by atoms with Gasteiger partial charge in [0.05, 0.1) is 12.4 Å². The Balaban J connectivity index is 1.96. The van der Waals surface area contributed by atoms with Gasteiger partial charge in [-0.25, -0.2) is 0 Å². The smallest absolute Gasteiger partial charge is 0.315 e. The summed E-state index contributed by atoms with van der Waals surface area (Å²) in [7, 11) is 0. The van der Waals surface area contributed by atoms with Gasteiger partial charge >= 0.3 is 5.97 Å². The van der Waals surface area contributed by atoms with E-state index in [1.165, 1.54) is 12.8 Å². The standard InChI is InChI=1S/C9H17NO2S/c1-2-12-9(11)7-13-6-8-4-3-5-10-8/h8,10H,2-7H2,1H3. The zero-order valence-electron chi connectivity index (χ0n) is 8.04. The van der Waals surface area contributed by atoms with E-state index in [2.05, 4.69) is 5.32 Å². The number of hydrogen-bond acceptors (Lipinski definition) is 4. The fourth-order valence-corrected chi connectivity index (χ4v) is 2.32. The Morgan fingerprint density at radius 2 is 2.54 bits per heavy atom. The van der Waals surface area contributed by atoms with Crippen LogP contribution in [-0.2, 0) is 9.53 Å². The van der Waals surface area contributed by atoms with Crippen LogP contribution in [0.1, 0.15) is 19.8 Å². The molecule has 4 heteroatoms. The van der Waals surface area contributed by atoms with E-state index in [1.54, 1.807) is 11.8 Å². The Morgan fingerprint density at radius 1 is 1.69 bits per heavy atom. The van der Waals surface area contributed by atoms with Gasteiger partial charge in [0.1, 0.15) is 0 Å². The summed E-state index contributed by atoms with van der Waals surface area (Å²) in [5.74, 6) is 1.43. The van der Waals surface area contributed by atoms with E-state index in [4.69, 9.17) is 4.74 Å². The number of nitrogens with one attached hydrogen (secondary N) is 1. The second-order valence-corrected chi connectivity index (χ2v) is 4.14. The van der Waals surface area contributed by atoms with Gasteiger partial charge in [-0.2, -0.15) is 0 Å². The van der Waals surface area contributed by atoms with E-state index in [9.17, 15) is 4.79 Å². The molecule has 0 aliphatic carbocycles. The summed E-state index contributed by atoms with van der Waals surface area (Å²) < 4.78 is 4.83. The molecule has 1 aliphatic rings. The van der Waals surface area contributed by atoms with Crippen LogP contribution in [0, 0.1) is 0 Å². The maximum Gasteiger partial charge on any atom is 0.315 e. The van der Waals surface area contributed by atoms with Gasteiger partial charge in [0.25, 0.3) is 0 Å². The minimum atomic E-state index is -0.0921. The van der Waals surface area contributed by atoms with Crippen LogP contribution in [0.25, 0.3) is 0 Å². The van der Waals surface area contributed by atoms with Gasteiger partial charge in [-0.05, 0) is 26.3 Å². The van der Waals surface area contributed by atoms with Crippen molar-refractivity contribution < 1.29 is 9.53 Å². The molecule has 1 aliphatic heterocycles. The summed E-state index contributed by atoms with van der Waals surface area (Å²) >= 11 is 1.66. The highest BCUT2D eigenvalue weighted by Crippen LogP contribution is 2.11. The van der Waals surface area contributed by atoms with Crippen molar-refractivity contribution in [1.29, 1.82) is 0 Å². The first-order chi connectivity index (χ1) is 6.33. The quantitative estimate of drug-likeness (QED) is 0.677. The van der Waals surface area contributed by atoms with Gasteiger partial charge in [-0.3, -0.25) is 4.79 Å². The zero-order valence-corrected chi connectivity index (χ0v) is 8.86. The summed E-state index contributed by atoms with van der Waals surface area (Å²) in [6, 6.07) is 0.611. The third-order valence-corrected chi connectivity index (χ3v) is 3.08. The van der Waals surface area contributed by atoms with Gasteiger partial charge in [-0.1, -0.05) is 0 Å². The zero-order chi connectivity index (χ0) is 9.52. The predicted molar refractivity (Wildman–Crippen MR) is 55.0 cm³/mol. The molecule has 13 heavy (non-hydrogen) atoms. The van der Waals surface area contributed by atoms with Crippen LogP contribution >= 0.6 is 11.8 Å². The summed E-state index contributed by atoms with van der Waals surface area (Å²) in [5, 5.41) is 3.39. The Labute approximate surface area is 83.6 Å². The van der Waals surface area contributed by atoms with Crippen molar-refractivity contribution in [2.75, 3.05) is 24.7 Å². The maximum atomic E-state index is 11.0. The Hall–Kier alpha value is -0.220. The molecule has 0 saturated carbocycles. The number of rotatable bonds is 5. The number of carbonyl (C=O) groups excluding carboxylic acids is 1. The van der Waals surface area contributed by atoms with E-state index in [1.807, 2.05) is 6.92 Å². The molecule has 0 aromatic rings. The van der Waals surface area contributed by atoms with Crippen LogP contribution in [0.3, 0.4) is 0 Å². The molecule has 1 saturated heterocycles. The van der Waals surface area contributed by atoms with Crippen molar-refractivity contribution >= 4 is 17.7 Å². The molecule has 0 aromatic heterocycles. The number of esters is 1. The van der Waals surface area contributed by atoms with E-state index in [-0.39, 0.29) is 5.97 Å². The highest BCUT2D eigenvalue weighted by atomic mass is 32.2. The SMILES string of the molecule is CCOC(=O)CSCC1CCCN1. The van der Waals surface area contributed by atoms with Gasteiger partial charge in [0, 0.05) is 11.8 Å². The van der Waals surface area contributed by atoms with Crippen LogP contribution in [0.15, 0.2) is 0 Å². The molecule has 76 valence electrons. The lowest BCUT2D eigenvalue weighted by Crippen LogP contribution is -2.24. The van der Waals surface area contributed by atoms with Crippen molar-refractivity contribution in [3.05, 3.63) is 0 Å². The Bertz CT molecular complexity index is 158. The van der Waals surface area contributed by atoms with Gasteiger partial charge in [-0.15, -0.1) is 11.8 Å². The highest BCUT2D eigenvalue weighted by molar-refractivity contribution is 7.99. The number of carbonyl (C=O) groups is 1. The molecule has 3 nitrogen and oxygen atoms in total. The molecule has 0 aromatic carbocycles. The lowest BCUT2D eigenvalue weighted by Gasteiger charge is -2.08. The molecule has 1 fully saturated rings. The lowest BCUT2D eigenvalue weighted by molar-refractivity contribution is -0.139. The maximum absolute atomic E-state index is 11.0. The molecular formula is C9H17NO2S. The van der Waals surface area contributed by atoms with Crippen molar-refractivity contribution in [3.63, 3.8) is 0 Å². The highest BCUT2D eigenvalue weighted by Gasteiger charge is 2.14. The van der Waals surface area contributed by atoms with Crippen LogP contribution in [0.4, 0.5) is 0 Å². The molecule has 0 amide bonds. The third-order valence-electron chi connectivity index (χ3n) is 2.01. The lowest BCUT2D eigenvalue weighted by atomic mass is 10.3. The first kappa shape index (κ1) is 10.9. The average Bonchev–Trinajstić information content (AvgIpc) is 2.57. The average molecular weight is 203 g/mol. The van der Waals surface area contributed by atoms with Gasteiger partial charge in [0.15, 0.2) is 0 Å². The molecule has 0 bridgehead atoms. The van der Waals surface area contributed by atoms with E-state index < -0.39 is 0 Å². The third kappa shape index (κ3) is 4.52. The Kier molecular flexibility index (Phi) is 5.23. The molecule has 1 N–H and O–H groups in total. The van der Waals surface area contributed by atoms with Gasteiger partial charge in [0.2, 0.25) is 0 Å². The van der Waals surface area contributed by atoms with Crippen LogP contribution < -0.4 is 5.32 Å². The van der Waals surface area contributed by atoms with Crippen molar-refractivity contribution in [3.8, 4) is 0 Å². The fraction of sp³-hybridized carbons (Fsp3) is 0.889. The molecule has 1 heterocycles. The molecule has 0 radical (unpaired) electrons. The molecular weight excluding hydrogens is 186 g/mol. The van der Waals surface area contributed by atoms with Crippen LogP contribution in [0.5, 0.6) is 0 Å². The summed E-state index contributed by atoms with van der Waals surface area (Å²) in [5.41, 5.74) is 0. The summed E-state index contributed by atoms with van der Waals surface area (Å²) in [6.45, 7) is 3.45. The largest absolute Gasteiger partial charge is 0.465 e. The molecule has 1 atom stereocenters. The number of hydrogen-bond donors (Lipinski definition) is 1. The predicted octanol–water partition coefficient (Wildman–Crippen LogP) is 1.03. The molecule has 1 unspecified atom stereocenters. The van der Waals surface area contributed by atoms with E-state index in [0.29, 0.717) is 18.4 Å². The normalized spacial score (nSPS) is 21.8. The summed E-state index contributed by atoms with van der Waals surface area (Å²) in [4.78, 5) is 11.0. The molecule has 0 spiro atoms. The first-order valence-corrected chi connectivity index (χ1v) is 5.95. The van der Waals surface area contributed by atoms with Crippen molar-refractivity contribution in [2.45, 2.75) is 25.8 Å². The first-order valence-electron chi connectivity index (χ1n) is 4.79. The second kappa shape index (κ2) is 6.27. The fourth-order valence-electron chi connectivity index (χ4n) is 1.39. The Morgan fingerprint density at radius 3 is 3.15 bits per heavy atom. The minimum Gasteiger partial charge on any atom is -0.465 e. The monoisotopic (exact) mass is 203 g/mol.